The van der Waals surface area contributed by atoms with E-state index >= 15 is 0 Å². The van der Waals surface area contributed by atoms with Gasteiger partial charge in [-0.1, -0.05) is 316 Å². The predicted octanol–water partition coefficient (Wildman–Crippen LogP) is 14.0. The van der Waals surface area contributed by atoms with Crippen molar-refractivity contribution in [2.75, 3.05) is 19.8 Å². The topological polar surface area (TPSA) is 228 Å². The number of rotatable bonds is 59. The lowest BCUT2D eigenvalue weighted by atomic mass is 9.97. The quantitative estimate of drug-likeness (QED) is 0.0259. The van der Waals surface area contributed by atoms with Gasteiger partial charge < -0.3 is 65.1 Å². The SMILES string of the molecule is CCCCCCCCCCCCCCCCCCCCCCCCCCCCCCCCCCCC(O)C(COC1OC(CO)C(OC2OC(CO)C(O)C(O)C2O)C(O)C1O)NC(=O)CCCCCCCCCCCCCCCCC. The smallest absolute Gasteiger partial charge is 0.220 e. The predicted molar refractivity (Wildman–Crippen MR) is 332 cm³/mol. The van der Waals surface area contributed by atoms with Crippen LogP contribution in [0.1, 0.15) is 335 Å². The second-order valence-corrected chi connectivity index (χ2v) is 25.4. The van der Waals surface area contributed by atoms with Crippen LogP contribution in [-0.4, -0.2) is 140 Å². The summed E-state index contributed by atoms with van der Waals surface area (Å²) in [5.41, 5.74) is 0. The maximum atomic E-state index is 13.3. The fraction of sp³-hybridized carbons (Fsp3) is 0.985. The van der Waals surface area contributed by atoms with Gasteiger partial charge >= 0.3 is 0 Å². The summed E-state index contributed by atoms with van der Waals surface area (Å²) in [5, 5.41) is 87.5. The Labute approximate surface area is 502 Å². The second-order valence-electron chi connectivity index (χ2n) is 25.4. The number of hydrogen-bond donors (Lipinski definition) is 9. The number of aliphatic hydroxyl groups excluding tert-OH is 8. The summed E-state index contributed by atoms with van der Waals surface area (Å²) >= 11 is 0. The first-order valence-electron chi connectivity index (χ1n) is 35.3. The van der Waals surface area contributed by atoms with Crippen molar-refractivity contribution in [2.24, 2.45) is 0 Å². The van der Waals surface area contributed by atoms with Gasteiger partial charge in [0.15, 0.2) is 12.6 Å². The van der Waals surface area contributed by atoms with E-state index in [1.165, 1.54) is 257 Å². The molecule has 14 nitrogen and oxygen atoms in total. The number of aliphatic hydroxyl groups is 8. The van der Waals surface area contributed by atoms with Gasteiger partial charge in [-0.05, 0) is 12.8 Å². The van der Waals surface area contributed by atoms with E-state index in [4.69, 9.17) is 18.9 Å². The Bertz CT molecular complexity index is 1380. The van der Waals surface area contributed by atoms with Crippen LogP contribution in [0.5, 0.6) is 0 Å². The number of carbonyl (C=O) groups is 1. The fourth-order valence-electron chi connectivity index (χ4n) is 12.2. The van der Waals surface area contributed by atoms with Crippen LogP contribution < -0.4 is 5.32 Å². The second kappa shape index (κ2) is 54.2. The van der Waals surface area contributed by atoms with Crippen LogP contribution in [-0.2, 0) is 23.7 Å². The Morgan fingerprint density at radius 1 is 0.390 bits per heavy atom. The summed E-state index contributed by atoms with van der Waals surface area (Å²) in [7, 11) is 0. The molecule has 0 aromatic carbocycles. The summed E-state index contributed by atoms with van der Waals surface area (Å²) in [5.74, 6) is -0.199. The zero-order valence-electron chi connectivity index (χ0n) is 53.0. The van der Waals surface area contributed by atoms with E-state index in [0.717, 1.165) is 51.4 Å². The minimum absolute atomic E-state index is 0.199. The van der Waals surface area contributed by atoms with Crippen LogP contribution in [0.3, 0.4) is 0 Å². The van der Waals surface area contributed by atoms with E-state index in [0.29, 0.717) is 12.8 Å². The zero-order valence-corrected chi connectivity index (χ0v) is 53.0. The normalized spacial score (nSPS) is 23.8. The van der Waals surface area contributed by atoms with Gasteiger partial charge in [-0.3, -0.25) is 4.79 Å². The molecule has 9 N–H and O–H groups in total. The van der Waals surface area contributed by atoms with Gasteiger partial charge in [0.1, 0.15) is 48.8 Å². The average molecular weight is 1170 g/mol. The highest BCUT2D eigenvalue weighted by molar-refractivity contribution is 5.76. The van der Waals surface area contributed by atoms with E-state index in [2.05, 4.69) is 19.2 Å². The molecule has 2 heterocycles. The molecule has 2 aliphatic heterocycles. The molecule has 0 spiro atoms. The Kier molecular flexibility index (Phi) is 50.9. The fourth-order valence-corrected chi connectivity index (χ4v) is 12.2. The first kappa shape index (κ1) is 77.1. The molecule has 0 saturated carbocycles. The highest BCUT2D eigenvalue weighted by Gasteiger charge is 2.51. The van der Waals surface area contributed by atoms with Crippen molar-refractivity contribution in [3.8, 4) is 0 Å². The van der Waals surface area contributed by atoms with Crippen LogP contribution in [0.15, 0.2) is 0 Å². The molecule has 0 aliphatic carbocycles. The standard InChI is InChI=1S/C68H133NO13/c1-3-5-7-9-11-13-15-17-19-20-21-22-23-24-25-26-27-28-29-30-31-32-33-34-35-36-38-39-41-43-45-47-49-51-57(72)56(69-60(73)52-50-48-46-44-42-40-37-18-16-14-12-10-8-6-4-2)55-79-67-65(78)63(76)66(59(54-71)81-67)82-68-64(77)62(75)61(74)58(53-70)80-68/h56-59,61-68,70-72,74-78H,3-55H2,1-2H3,(H,69,73). The zero-order chi connectivity index (χ0) is 59.5. The van der Waals surface area contributed by atoms with Gasteiger partial charge in [0, 0.05) is 6.42 Å². The van der Waals surface area contributed by atoms with Crippen LogP contribution in [0.4, 0.5) is 0 Å². The van der Waals surface area contributed by atoms with Crippen LogP contribution in [0.25, 0.3) is 0 Å². The minimum Gasteiger partial charge on any atom is -0.394 e. The van der Waals surface area contributed by atoms with Crippen molar-refractivity contribution in [1.82, 2.24) is 5.32 Å². The lowest BCUT2D eigenvalue weighted by Gasteiger charge is -2.46. The van der Waals surface area contributed by atoms with E-state index in [9.17, 15) is 45.6 Å². The van der Waals surface area contributed by atoms with Gasteiger partial charge in [0.25, 0.3) is 0 Å². The van der Waals surface area contributed by atoms with Crippen molar-refractivity contribution < 1.29 is 64.6 Å². The Morgan fingerprint density at radius 3 is 1.04 bits per heavy atom. The third-order valence-electron chi connectivity index (χ3n) is 17.8. The Balaban J connectivity index is 1.61. The van der Waals surface area contributed by atoms with E-state index in [1.54, 1.807) is 0 Å². The summed E-state index contributed by atoms with van der Waals surface area (Å²) in [6.45, 7) is 2.92. The minimum atomic E-state index is -1.78. The molecular weight excluding hydrogens is 1040 g/mol. The molecule has 0 bridgehead atoms. The lowest BCUT2D eigenvalue weighted by molar-refractivity contribution is -0.359. The summed E-state index contributed by atoms with van der Waals surface area (Å²) < 4.78 is 22.9. The van der Waals surface area contributed by atoms with Gasteiger partial charge in [-0.15, -0.1) is 0 Å². The molecule has 82 heavy (non-hydrogen) atoms. The molecule has 12 unspecified atom stereocenters. The third kappa shape index (κ3) is 38.3. The molecule has 1 amide bonds. The van der Waals surface area contributed by atoms with Crippen LogP contribution in [0.2, 0.25) is 0 Å². The van der Waals surface area contributed by atoms with E-state index < -0.39 is 86.8 Å². The van der Waals surface area contributed by atoms with Crippen molar-refractivity contribution in [2.45, 2.75) is 408 Å². The molecule has 2 aliphatic rings. The highest BCUT2D eigenvalue weighted by atomic mass is 16.7. The van der Waals surface area contributed by atoms with Crippen molar-refractivity contribution in [1.29, 1.82) is 0 Å². The van der Waals surface area contributed by atoms with Gasteiger partial charge in [-0.2, -0.15) is 0 Å². The Morgan fingerprint density at radius 2 is 0.695 bits per heavy atom. The number of amides is 1. The van der Waals surface area contributed by atoms with Crippen LogP contribution in [0, 0.1) is 0 Å². The monoisotopic (exact) mass is 1170 g/mol. The molecular formula is C68H133NO13. The lowest BCUT2D eigenvalue weighted by Crippen LogP contribution is -2.65. The molecule has 2 rings (SSSR count). The Hall–Kier alpha value is -1.01. The average Bonchev–Trinajstić information content (AvgIpc) is 3.58. The first-order chi connectivity index (χ1) is 40.1. The van der Waals surface area contributed by atoms with E-state index in [1.807, 2.05) is 0 Å². The van der Waals surface area contributed by atoms with Crippen molar-refractivity contribution >= 4 is 5.91 Å². The van der Waals surface area contributed by atoms with Crippen molar-refractivity contribution in [3.63, 3.8) is 0 Å². The molecule has 0 aromatic rings. The molecule has 2 saturated heterocycles. The first-order valence-corrected chi connectivity index (χ1v) is 35.3. The van der Waals surface area contributed by atoms with Crippen molar-refractivity contribution in [3.05, 3.63) is 0 Å². The summed E-state index contributed by atoms with van der Waals surface area (Å²) in [6, 6.07) is -0.823. The maximum absolute atomic E-state index is 13.3. The van der Waals surface area contributed by atoms with Gasteiger partial charge in [-0.25, -0.2) is 0 Å². The highest BCUT2D eigenvalue weighted by Crippen LogP contribution is 2.30. The third-order valence-corrected chi connectivity index (χ3v) is 17.8. The summed E-state index contributed by atoms with van der Waals surface area (Å²) in [4.78, 5) is 13.3. The molecule has 0 aromatic heterocycles. The molecule has 14 heteroatoms. The van der Waals surface area contributed by atoms with Gasteiger partial charge in [0.05, 0.1) is 32.0 Å². The number of ether oxygens (including phenoxy) is 4. The molecule has 488 valence electrons. The molecule has 0 radical (unpaired) electrons. The van der Waals surface area contributed by atoms with Crippen LogP contribution >= 0.6 is 0 Å². The largest absolute Gasteiger partial charge is 0.394 e. The number of hydrogen-bond acceptors (Lipinski definition) is 13. The van der Waals surface area contributed by atoms with Gasteiger partial charge in [0.2, 0.25) is 5.91 Å². The van der Waals surface area contributed by atoms with E-state index in [-0.39, 0.29) is 12.5 Å². The number of unbranched alkanes of at least 4 members (excludes halogenated alkanes) is 46. The maximum Gasteiger partial charge on any atom is 0.220 e. The molecule has 2 fully saturated rings. The number of nitrogens with one attached hydrogen (secondary N) is 1. The summed E-state index contributed by atoms with van der Waals surface area (Å²) in [6.07, 6.45) is 47.1. The number of carbonyl (C=O) groups excluding carboxylic acids is 1. The molecule has 12 atom stereocenters.